The van der Waals surface area contributed by atoms with Gasteiger partial charge in [0.1, 0.15) is 5.75 Å². The first kappa shape index (κ1) is 19.3. The van der Waals surface area contributed by atoms with Crippen molar-refractivity contribution in [3.63, 3.8) is 0 Å². The molecule has 0 amide bonds. The molecule has 0 aliphatic rings. The third-order valence-electron chi connectivity index (χ3n) is 4.48. The summed E-state index contributed by atoms with van der Waals surface area (Å²) in [6, 6.07) is 14.9. The van der Waals surface area contributed by atoms with Crippen LogP contribution in [0.2, 0.25) is 0 Å². The van der Waals surface area contributed by atoms with Gasteiger partial charge in [0, 0.05) is 11.1 Å². The number of carbonyl (C=O) groups is 1. The summed E-state index contributed by atoms with van der Waals surface area (Å²) < 4.78 is 21.3. The second-order valence-electron chi connectivity index (χ2n) is 6.05. The van der Waals surface area contributed by atoms with Gasteiger partial charge in [0.15, 0.2) is 17.3 Å². The van der Waals surface area contributed by atoms with Crippen molar-refractivity contribution in [2.24, 2.45) is 0 Å². The lowest BCUT2D eigenvalue weighted by Crippen LogP contribution is -1.97. The molecule has 0 fully saturated rings. The maximum atomic E-state index is 12.7. The van der Waals surface area contributed by atoms with Gasteiger partial charge in [0.05, 0.1) is 28.4 Å². The van der Waals surface area contributed by atoms with E-state index in [0.29, 0.717) is 22.8 Å². The van der Waals surface area contributed by atoms with Crippen LogP contribution in [0.5, 0.6) is 23.0 Å². The monoisotopic (exact) mass is 378 g/mol. The molecule has 0 aliphatic heterocycles. The van der Waals surface area contributed by atoms with Crippen LogP contribution in [-0.4, -0.2) is 34.2 Å². The number of allylic oxidation sites excluding steroid dienone is 1. The number of carbonyl (C=O) groups excluding carboxylic acids is 1. The highest BCUT2D eigenvalue weighted by atomic mass is 16.5. The Morgan fingerprint density at radius 1 is 0.750 bits per heavy atom. The van der Waals surface area contributed by atoms with Crippen LogP contribution in [0.25, 0.3) is 16.8 Å². The summed E-state index contributed by atoms with van der Waals surface area (Å²) in [7, 11) is 6.29. The molecule has 0 saturated carbocycles. The Morgan fingerprint density at radius 3 is 2.14 bits per heavy atom. The molecule has 0 bridgehead atoms. The molecular weight excluding hydrogens is 356 g/mol. The third-order valence-corrected chi connectivity index (χ3v) is 4.48. The SMILES string of the molecule is COc1ccc2cc(C(=O)C=Cc3ccc(OC)c(OC)c3OC)ccc2c1. The Bertz CT molecular complexity index is 1040. The van der Waals surface area contributed by atoms with Gasteiger partial charge >= 0.3 is 0 Å². The van der Waals surface area contributed by atoms with Crippen molar-refractivity contribution in [3.05, 3.63) is 65.7 Å². The molecular formula is C23H22O5. The van der Waals surface area contributed by atoms with Crippen molar-refractivity contribution in [2.75, 3.05) is 28.4 Å². The summed E-state index contributed by atoms with van der Waals surface area (Å²) in [5.74, 6) is 2.24. The summed E-state index contributed by atoms with van der Waals surface area (Å²) in [6.45, 7) is 0. The number of ketones is 1. The van der Waals surface area contributed by atoms with Gasteiger partial charge in [-0.15, -0.1) is 0 Å². The molecule has 0 N–H and O–H groups in total. The van der Waals surface area contributed by atoms with E-state index < -0.39 is 0 Å². The molecule has 5 nitrogen and oxygen atoms in total. The molecule has 5 heteroatoms. The van der Waals surface area contributed by atoms with Crippen molar-refractivity contribution in [1.29, 1.82) is 0 Å². The van der Waals surface area contributed by atoms with Crippen LogP contribution in [0.1, 0.15) is 15.9 Å². The Balaban J connectivity index is 1.90. The Kier molecular flexibility index (Phi) is 5.84. The normalized spacial score (nSPS) is 10.9. The molecule has 28 heavy (non-hydrogen) atoms. The summed E-state index contributed by atoms with van der Waals surface area (Å²) in [4.78, 5) is 12.7. The van der Waals surface area contributed by atoms with Crippen LogP contribution in [0, 0.1) is 0 Å². The predicted molar refractivity (Wildman–Crippen MR) is 110 cm³/mol. The van der Waals surface area contributed by atoms with E-state index in [1.807, 2.05) is 36.4 Å². The van der Waals surface area contributed by atoms with Crippen LogP contribution >= 0.6 is 0 Å². The largest absolute Gasteiger partial charge is 0.497 e. The fourth-order valence-corrected chi connectivity index (χ4v) is 3.02. The van der Waals surface area contributed by atoms with E-state index in [1.165, 1.54) is 6.08 Å². The number of fused-ring (bicyclic) bond motifs is 1. The first-order valence-electron chi connectivity index (χ1n) is 8.70. The number of ether oxygens (including phenoxy) is 4. The minimum atomic E-state index is -0.102. The number of rotatable bonds is 7. The molecule has 3 aromatic carbocycles. The predicted octanol–water partition coefficient (Wildman–Crippen LogP) is 4.77. The van der Waals surface area contributed by atoms with Crippen LogP contribution in [-0.2, 0) is 0 Å². The molecule has 144 valence electrons. The van der Waals surface area contributed by atoms with Crippen LogP contribution in [0.15, 0.2) is 54.6 Å². The van der Waals surface area contributed by atoms with E-state index in [0.717, 1.165) is 22.1 Å². The van der Waals surface area contributed by atoms with E-state index in [9.17, 15) is 4.79 Å². The first-order chi connectivity index (χ1) is 13.6. The Labute approximate surface area is 164 Å². The molecule has 3 rings (SSSR count). The molecule has 0 saturated heterocycles. The lowest BCUT2D eigenvalue weighted by Gasteiger charge is -2.13. The fourth-order valence-electron chi connectivity index (χ4n) is 3.02. The van der Waals surface area contributed by atoms with Crippen LogP contribution < -0.4 is 18.9 Å². The zero-order valence-electron chi connectivity index (χ0n) is 16.3. The summed E-state index contributed by atoms with van der Waals surface area (Å²) in [6.07, 6.45) is 3.23. The van der Waals surface area contributed by atoms with Gasteiger partial charge in [-0.1, -0.05) is 18.2 Å². The number of hydrogen-bond acceptors (Lipinski definition) is 5. The number of methoxy groups -OCH3 is 4. The zero-order chi connectivity index (χ0) is 20.1. The van der Waals surface area contributed by atoms with Gasteiger partial charge in [-0.25, -0.2) is 0 Å². The molecule has 0 unspecified atom stereocenters. The van der Waals surface area contributed by atoms with Crippen molar-refractivity contribution in [2.45, 2.75) is 0 Å². The fraction of sp³-hybridized carbons (Fsp3) is 0.174. The van der Waals surface area contributed by atoms with Crippen molar-refractivity contribution in [1.82, 2.24) is 0 Å². The van der Waals surface area contributed by atoms with Gasteiger partial charge in [-0.2, -0.15) is 0 Å². The molecule has 0 atom stereocenters. The first-order valence-corrected chi connectivity index (χ1v) is 8.70. The molecule has 0 radical (unpaired) electrons. The number of hydrogen-bond donors (Lipinski definition) is 0. The highest BCUT2D eigenvalue weighted by Crippen LogP contribution is 2.40. The zero-order valence-corrected chi connectivity index (χ0v) is 16.3. The molecule has 3 aromatic rings. The molecule has 0 aromatic heterocycles. The third kappa shape index (κ3) is 3.78. The molecule has 0 spiro atoms. The molecule has 0 aliphatic carbocycles. The van der Waals surface area contributed by atoms with Crippen molar-refractivity contribution >= 4 is 22.6 Å². The number of benzene rings is 3. The van der Waals surface area contributed by atoms with Gasteiger partial charge in [-0.05, 0) is 53.3 Å². The van der Waals surface area contributed by atoms with E-state index in [-0.39, 0.29) is 5.78 Å². The van der Waals surface area contributed by atoms with Crippen LogP contribution in [0.4, 0.5) is 0 Å². The average molecular weight is 378 g/mol. The van der Waals surface area contributed by atoms with Gasteiger partial charge in [0.2, 0.25) is 5.75 Å². The quantitative estimate of drug-likeness (QED) is 0.438. The van der Waals surface area contributed by atoms with Gasteiger partial charge in [-0.3, -0.25) is 4.79 Å². The second kappa shape index (κ2) is 8.48. The summed E-state index contributed by atoms with van der Waals surface area (Å²) in [5.41, 5.74) is 1.33. The van der Waals surface area contributed by atoms with Gasteiger partial charge < -0.3 is 18.9 Å². The maximum Gasteiger partial charge on any atom is 0.203 e. The van der Waals surface area contributed by atoms with Crippen LogP contribution in [0.3, 0.4) is 0 Å². The van der Waals surface area contributed by atoms with E-state index in [4.69, 9.17) is 18.9 Å². The average Bonchev–Trinajstić information content (AvgIpc) is 2.75. The lowest BCUT2D eigenvalue weighted by molar-refractivity contribution is 0.104. The Hall–Kier alpha value is -3.47. The van der Waals surface area contributed by atoms with E-state index >= 15 is 0 Å². The van der Waals surface area contributed by atoms with Crippen molar-refractivity contribution in [3.8, 4) is 23.0 Å². The maximum absolute atomic E-state index is 12.7. The lowest BCUT2D eigenvalue weighted by atomic mass is 10.0. The Morgan fingerprint density at radius 2 is 1.46 bits per heavy atom. The van der Waals surface area contributed by atoms with Gasteiger partial charge in [0.25, 0.3) is 0 Å². The van der Waals surface area contributed by atoms with E-state index in [1.54, 1.807) is 46.6 Å². The highest BCUT2D eigenvalue weighted by molar-refractivity contribution is 6.09. The smallest absolute Gasteiger partial charge is 0.203 e. The second-order valence-corrected chi connectivity index (χ2v) is 6.05. The standard InChI is InChI=1S/C23H22O5/c1-25-19-10-7-16-13-18(6-5-17(16)14-19)20(24)11-8-15-9-12-21(26-2)23(28-4)22(15)27-3/h5-14H,1-4H3. The highest BCUT2D eigenvalue weighted by Gasteiger charge is 2.14. The van der Waals surface area contributed by atoms with E-state index in [2.05, 4.69) is 0 Å². The minimum Gasteiger partial charge on any atom is -0.497 e. The summed E-state index contributed by atoms with van der Waals surface area (Å²) >= 11 is 0. The van der Waals surface area contributed by atoms with Crippen molar-refractivity contribution < 1.29 is 23.7 Å². The summed E-state index contributed by atoms with van der Waals surface area (Å²) in [5, 5.41) is 1.99. The topological polar surface area (TPSA) is 54.0 Å². The minimum absolute atomic E-state index is 0.102. The molecule has 0 heterocycles.